The minimum atomic E-state index is -3.77. The van der Waals surface area contributed by atoms with Crippen molar-refractivity contribution in [3.63, 3.8) is 0 Å². The normalized spacial score (nSPS) is 17.9. The molecule has 0 spiro atoms. The van der Waals surface area contributed by atoms with Crippen LogP contribution < -0.4 is 9.88 Å². The van der Waals surface area contributed by atoms with E-state index >= 15 is 0 Å². The van der Waals surface area contributed by atoms with Gasteiger partial charge in [0.05, 0.1) is 0 Å². The molecule has 2 N–H and O–H groups in total. The number of pyridine rings is 1. The molecule has 1 aliphatic rings. The van der Waals surface area contributed by atoms with Gasteiger partial charge < -0.3 is 4.74 Å². The first-order valence-electron chi connectivity index (χ1n) is 5.72. The predicted octanol–water partition coefficient (Wildman–Crippen LogP) is 1.44. The predicted molar refractivity (Wildman–Crippen MR) is 63.1 cm³/mol. The summed E-state index contributed by atoms with van der Waals surface area (Å²) in [7, 11) is -3.77. The van der Waals surface area contributed by atoms with Crippen LogP contribution in [0.3, 0.4) is 0 Å². The van der Waals surface area contributed by atoms with Gasteiger partial charge in [-0.3, -0.25) is 0 Å². The molecule has 0 radical (unpaired) electrons. The molecule has 6 heteroatoms. The van der Waals surface area contributed by atoms with Crippen LogP contribution in [0.1, 0.15) is 32.1 Å². The molecule has 0 aromatic carbocycles. The molecule has 1 aromatic rings. The van der Waals surface area contributed by atoms with Gasteiger partial charge in [-0.25, -0.2) is 18.5 Å². The molecule has 1 saturated carbocycles. The first-order chi connectivity index (χ1) is 8.07. The summed E-state index contributed by atoms with van der Waals surface area (Å²) in [5.41, 5.74) is 0. The van der Waals surface area contributed by atoms with E-state index in [1.54, 1.807) is 0 Å². The zero-order valence-corrected chi connectivity index (χ0v) is 10.3. The van der Waals surface area contributed by atoms with E-state index in [0.717, 1.165) is 25.7 Å². The largest absolute Gasteiger partial charge is 0.473 e. The Labute approximate surface area is 101 Å². The molecule has 17 heavy (non-hydrogen) atoms. The van der Waals surface area contributed by atoms with Crippen molar-refractivity contribution in [2.75, 3.05) is 0 Å². The smallest absolute Gasteiger partial charge is 0.243 e. The van der Waals surface area contributed by atoms with Crippen molar-refractivity contribution in [2.45, 2.75) is 43.1 Å². The molecule has 94 valence electrons. The summed E-state index contributed by atoms with van der Waals surface area (Å²) < 4.78 is 28.3. The fourth-order valence-electron chi connectivity index (χ4n) is 2.02. The molecule has 0 saturated heterocycles. The number of hydrogen-bond donors (Lipinski definition) is 1. The molecule has 0 bridgehead atoms. The number of hydrogen-bond acceptors (Lipinski definition) is 4. The van der Waals surface area contributed by atoms with Crippen LogP contribution in [-0.4, -0.2) is 19.5 Å². The SMILES string of the molecule is NS(=O)(=O)c1cccnc1OC1CCCCC1. The van der Waals surface area contributed by atoms with Gasteiger partial charge in [0.25, 0.3) is 0 Å². The first kappa shape index (κ1) is 12.3. The summed E-state index contributed by atoms with van der Waals surface area (Å²) in [4.78, 5) is 3.92. The molecule has 0 aliphatic heterocycles. The summed E-state index contributed by atoms with van der Waals surface area (Å²) in [6.45, 7) is 0. The Hall–Kier alpha value is -1.14. The maximum Gasteiger partial charge on any atom is 0.243 e. The van der Waals surface area contributed by atoms with Gasteiger partial charge in [-0.2, -0.15) is 0 Å². The van der Waals surface area contributed by atoms with E-state index in [1.165, 1.54) is 24.8 Å². The second-order valence-electron chi connectivity index (χ2n) is 4.23. The molecule has 1 aromatic heterocycles. The van der Waals surface area contributed by atoms with Crippen molar-refractivity contribution in [3.05, 3.63) is 18.3 Å². The van der Waals surface area contributed by atoms with Gasteiger partial charge in [0.2, 0.25) is 15.9 Å². The van der Waals surface area contributed by atoms with Crippen LogP contribution in [-0.2, 0) is 10.0 Å². The molecule has 2 rings (SSSR count). The molecule has 1 fully saturated rings. The van der Waals surface area contributed by atoms with Gasteiger partial charge >= 0.3 is 0 Å². The number of ether oxygens (including phenoxy) is 1. The van der Waals surface area contributed by atoms with E-state index in [-0.39, 0.29) is 16.9 Å². The summed E-state index contributed by atoms with van der Waals surface area (Å²) in [5, 5.41) is 5.11. The third-order valence-corrected chi connectivity index (χ3v) is 3.80. The molecule has 1 heterocycles. The van der Waals surface area contributed by atoms with Crippen LogP contribution >= 0.6 is 0 Å². The Morgan fingerprint density at radius 1 is 1.29 bits per heavy atom. The lowest BCUT2D eigenvalue weighted by Crippen LogP contribution is -2.22. The summed E-state index contributed by atoms with van der Waals surface area (Å²) in [6.07, 6.45) is 6.89. The maximum absolute atomic E-state index is 11.4. The van der Waals surface area contributed by atoms with Crippen molar-refractivity contribution >= 4 is 10.0 Å². The summed E-state index contributed by atoms with van der Waals surface area (Å²) in [6, 6.07) is 2.95. The van der Waals surface area contributed by atoms with Crippen LogP contribution in [0, 0.1) is 0 Å². The number of nitrogens with two attached hydrogens (primary N) is 1. The Bertz CT molecular complexity index is 481. The average molecular weight is 256 g/mol. The highest BCUT2D eigenvalue weighted by Gasteiger charge is 2.21. The summed E-state index contributed by atoms with van der Waals surface area (Å²) >= 11 is 0. The van der Waals surface area contributed by atoms with E-state index in [0.29, 0.717) is 0 Å². The minimum Gasteiger partial charge on any atom is -0.473 e. The van der Waals surface area contributed by atoms with Crippen molar-refractivity contribution in [2.24, 2.45) is 5.14 Å². The third kappa shape index (κ3) is 3.17. The Morgan fingerprint density at radius 2 is 2.00 bits per heavy atom. The lowest BCUT2D eigenvalue weighted by Gasteiger charge is -2.23. The van der Waals surface area contributed by atoms with Crippen molar-refractivity contribution in [1.29, 1.82) is 0 Å². The Morgan fingerprint density at radius 3 is 2.65 bits per heavy atom. The van der Waals surface area contributed by atoms with Crippen LogP contribution in [0.15, 0.2) is 23.2 Å². The van der Waals surface area contributed by atoms with Crippen LogP contribution in [0.4, 0.5) is 0 Å². The van der Waals surface area contributed by atoms with Crippen molar-refractivity contribution in [3.8, 4) is 5.88 Å². The number of aromatic nitrogens is 1. The van der Waals surface area contributed by atoms with Gasteiger partial charge in [0.1, 0.15) is 11.0 Å². The van der Waals surface area contributed by atoms with Crippen LogP contribution in [0.25, 0.3) is 0 Å². The van der Waals surface area contributed by atoms with E-state index in [4.69, 9.17) is 9.88 Å². The second kappa shape index (κ2) is 5.01. The fourth-order valence-corrected chi connectivity index (χ4v) is 2.63. The van der Waals surface area contributed by atoms with E-state index in [9.17, 15) is 8.42 Å². The topological polar surface area (TPSA) is 82.3 Å². The highest BCUT2D eigenvalue weighted by Crippen LogP contribution is 2.25. The molecule has 0 amide bonds. The second-order valence-corrected chi connectivity index (χ2v) is 5.76. The standard InChI is InChI=1S/C11H16N2O3S/c12-17(14,15)10-7-4-8-13-11(10)16-9-5-2-1-3-6-9/h4,7-9H,1-3,5-6H2,(H2,12,14,15). The monoisotopic (exact) mass is 256 g/mol. The lowest BCUT2D eigenvalue weighted by molar-refractivity contribution is 0.144. The third-order valence-electron chi connectivity index (χ3n) is 2.87. The molecule has 1 aliphatic carbocycles. The quantitative estimate of drug-likeness (QED) is 0.887. The van der Waals surface area contributed by atoms with E-state index in [2.05, 4.69) is 4.98 Å². The van der Waals surface area contributed by atoms with Gasteiger partial charge in [-0.05, 0) is 37.8 Å². The summed E-state index contributed by atoms with van der Waals surface area (Å²) in [5.74, 6) is 0.127. The highest BCUT2D eigenvalue weighted by atomic mass is 32.2. The Balaban J connectivity index is 2.20. The Kier molecular flexibility index (Phi) is 3.63. The molecule has 5 nitrogen and oxygen atoms in total. The van der Waals surface area contributed by atoms with Crippen molar-refractivity contribution < 1.29 is 13.2 Å². The van der Waals surface area contributed by atoms with E-state index < -0.39 is 10.0 Å². The zero-order chi connectivity index (χ0) is 12.3. The molecular weight excluding hydrogens is 240 g/mol. The maximum atomic E-state index is 11.4. The number of sulfonamides is 1. The van der Waals surface area contributed by atoms with Crippen molar-refractivity contribution in [1.82, 2.24) is 4.98 Å². The lowest BCUT2D eigenvalue weighted by atomic mass is 9.98. The highest BCUT2D eigenvalue weighted by molar-refractivity contribution is 7.89. The fraction of sp³-hybridized carbons (Fsp3) is 0.545. The van der Waals surface area contributed by atoms with Gasteiger partial charge in [0, 0.05) is 6.20 Å². The van der Waals surface area contributed by atoms with Gasteiger partial charge in [0.15, 0.2) is 0 Å². The number of primary sulfonamides is 1. The number of nitrogens with zero attached hydrogens (tertiary/aromatic N) is 1. The molecule has 0 atom stereocenters. The molecule has 0 unspecified atom stereocenters. The van der Waals surface area contributed by atoms with Gasteiger partial charge in [-0.1, -0.05) is 6.42 Å². The first-order valence-corrected chi connectivity index (χ1v) is 7.26. The minimum absolute atomic E-state index is 0.0365. The zero-order valence-electron chi connectivity index (χ0n) is 9.50. The van der Waals surface area contributed by atoms with Gasteiger partial charge in [-0.15, -0.1) is 0 Å². The number of rotatable bonds is 3. The van der Waals surface area contributed by atoms with E-state index in [1.807, 2.05) is 0 Å². The average Bonchev–Trinajstić information content (AvgIpc) is 2.30. The molecular formula is C11H16N2O3S. The van der Waals surface area contributed by atoms with Crippen LogP contribution in [0.5, 0.6) is 5.88 Å². The van der Waals surface area contributed by atoms with Crippen LogP contribution in [0.2, 0.25) is 0 Å².